The first-order chi connectivity index (χ1) is 9.13. The van der Waals surface area contributed by atoms with Crippen LogP contribution in [0.15, 0.2) is 21.1 Å². The molecule has 0 spiro atoms. The molecule has 0 aliphatic rings. The van der Waals surface area contributed by atoms with E-state index >= 15 is 0 Å². The van der Waals surface area contributed by atoms with Crippen molar-refractivity contribution in [3.63, 3.8) is 0 Å². The van der Waals surface area contributed by atoms with Crippen LogP contribution in [-0.4, -0.2) is 16.7 Å². The van der Waals surface area contributed by atoms with E-state index < -0.39 is 11.6 Å². The Balaban J connectivity index is 2.24. The topological polar surface area (TPSA) is 51.0 Å². The molecule has 98 valence electrons. The van der Waals surface area contributed by atoms with Crippen molar-refractivity contribution in [1.82, 2.24) is 15.5 Å². The van der Waals surface area contributed by atoms with Gasteiger partial charge in [-0.25, -0.2) is 8.78 Å². The lowest BCUT2D eigenvalue weighted by atomic mass is 10.2. The van der Waals surface area contributed by atoms with Crippen LogP contribution < -0.4 is 5.32 Å². The summed E-state index contributed by atoms with van der Waals surface area (Å²) in [4.78, 5) is 4.06. The molecule has 0 saturated heterocycles. The fourth-order valence-electron chi connectivity index (χ4n) is 1.38. The van der Waals surface area contributed by atoms with Crippen molar-refractivity contribution in [2.24, 2.45) is 0 Å². The van der Waals surface area contributed by atoms with Gasteiger partial charge in [0.25, 0.3) is 0 Å². The highest BCUT2D eigenvalue weighted by Crippen LogP contribution is 2.29. The Labute approximate surface area is 116 Å². The van der Waals surface area contributed by atoms with Crippen LogP contribution >= 0.6 is 15.9 Å². The van der Waals surface area contributed by atoms with E-state index in [0.717, 1.165) is 6.07 Å². The van der Waals surface area contributed by atoms with Crippen molar-refractivity contribution in [2.45, 2.75) is 6.54 Å². The largest absolute Gasteiger partial charge is 0.338 e. The Morgan fingerprint density at radius 1 is 1.42 bits per heavy atom. The van der Waals surface area contributed by atoms with Crippen molar-refractivity contribution in [1.29, 1.82) is 0 Å². The number of terminal acetylenes is 1. The highest BCUT2D eigenvalue weighted by atomic mass is 79.9. The molecule has 1 N–H and O–H groups in total. The highest BCUT2D eigenvalue weighted by molar-refractivity contribution is 9.10. The van der Waals surface area contributed by atoms with Crippen molar-refractivity contribution >= 4 is 15.9 Å². The minimum absolute atomic E-state index is 0.0450. The van der Waals surface area contributed by atoms with E-state index in [0.29, 0.717) is 24.5 Å². The maximum absolute atomic E-state index is 13.4. The third-order valence-corrected chi connectivity index (χ3v) is 3.02. The van der Waals surface area contributed by atoms with Gasteiger partial charge in [-0.1, -0.05) is 11.1 Å². The third kappa shape index (κ3) is 2.97. The molecule has 0 aliphatic heterocycles. The summed E-state index contributed by atoms with van der Waals surface area (Å²) in [7, 11) is 0. The Morgan fingerprint density at radius 2 is 2.21 bits per heavy atom. The van der Waals surface area contributed by atoms with Gasteiger partial charge in [-0.3, -0.25) is 5.32 Å². The van der Waals surface area contributed by atoms with Crippen LogP contribution in [0, 0.1) is 24.0 Å². The molecular formula is C12H8BrF2N3O. The zero-order chi connectivity index (χ0) is 13.8. The maximum atomic E-state index is 13.4. The lowest BCUT2D eigenvalue weighted by Gasteiger charge is -2.01. The Morgan fingerprint density at radius 3 is 2.95 bits per heavy atom. The van der Waals surface area contributed by atoms with Gasteiger partial charge in [0.1, 0.15) is 0 Å². The first-order valence-electron chi connectivity index (χ1n) is 5.24. The van der Waals surface area contributed by atoms with Crippen LogP contribution in [-0.2, 0) is 6.54 Å². The summed E-state index contributed by atoms with van der Waals surface area (Å²) in [5.74, 6) is 0.936. The molecule has 2 rings (SSSR count). The smallest absolute Gasteiger partial charge is 0.240 e. The van der Waals surface area contributed by atoms with Crippen LogP contribution in [0.5, 0.6) is 0 Å². The number of benzene rings is 1. The summed E-state index contributed by atoms with van der Waals surface area (Å²) in [6.07, 6.45) is 5.08. The van der Waals surface area contributed by atoms with Crippen LogP contribution in [0.3, 0.4) is 0 Å². The van der Waals surface area contributed by atoms with Gasteiger partial charge in [-0.15, -0.1) is 6.42 Å². The predicted molar refractivity (Wildman–Crippen MR) is 67.9 cm³/mol. The number of aromatic nitrogens is 2. The molecule has 4 nitrogen and oxygen atoms in total. The van der Waals surface area contributed by atoms with E-state index in [1.54, 1.807) is 0 Å². The van der Waals surface area contributed by atoms with Crippen molar-refractivity contribution in [2.75, 3.05) is 6.54 Å². The van der Waals surface area contributed by atoms with E-state index in [1.807, 2.05) is 0 Å². The summed E-state index contributed by atoms with van der Waals surface area (Å²) in [5.41, 5.74) is 0.311. The fraction of sp³-hybridized carbons (Fsp3) is 0.167. The normalized spacial score (nSPS) is 10.4. The molecule has 7 heteroatoms. The van der Waals surface area contributed by atoms with Gasteiger partial charge in [-0.05, 0) is 28.1 Å². The van der Waals surface area contributed by atoms with Crippen LogP contribution in [0.25, 0.3) is 11.4 Å². The molecule has 0 amide bonds. The number of hydrogen-bond acceptors (Lipinski definition) is 4. The average molecular weight is 328 g/mol. The fourth-order valence-corrected chi connectivity index (χ4v) is 1.88. The van der Waals surface area contributed by atoms with Crippen LogP contribution in [0.4, 0.5) is 8.78 Å². The van der Waals surface area contributed by atoms with Crippen molar-refractivity contribution < 1.29 is 13.3 Å². The van der Waals surface area contributed by atoms with Gasteiger partial charge in [0, 0.05) is 5.56 Å². The van der Waals surface area contributed by atoms with Crippen LogP contribution in [0.1, 0.15) is 5.89 Å². The minimum Gasteiger partial charge on any atom is -0.338 e. The number of hydrogen-bond donors (Lipinski definition) is 1. The summed E-state index contributed by atoms with van der Waals surface area (Å²) in [6.45, 7) is 0.672. The molecule has 1 aromatic heterocycles. The molecular weight excluding hydrogens is 320 g/mol. The van der Waals surface area contributed by atoms with Gasteiger partial charge in [0.05, 0.1) is 17.6 Å². The lowest BCUT2D eigenvalue weighted by molar-refractivity contribution is 0.370. The zero-order valence-corrected chi connectivity index (χ0v) is 11.2. The SMILES string of the molecule is C#CCNCc1nc(-c2ccc(F)c(F)c2Br)no1. The molecule has 1 aromatic carbocycles. The van der Waals surface area contributed by atoms with Crippen molar-refractivity contribution in [3.05, 3.63) is 34.1 Å². The lowest BCUT2D eigenvalue weighted by Crippen LogP contribution is -2.13. The Kier molecular flexibility index (Phi) is 4.24. The van der Waals surface area contributed by atoms with Gasteiger partial charge in [0.15, 0.2) is 11.6 Å². The molecule has 0 aliphatic carbocycles. The second kappa shape index (κ2) is 5.91. The Hall–Kier alpha value is -1.78. The summed E-state index contributed by atoms with van der Waals surface area (Å²) in [5, 5.41) is 6.57. The van der Waals surface area contributed by atoms with Gasteiger partial charge >= 0.3 is 0 Å². The van der Waals surface area contributed by atoms with E-state index in [9.17, 15) is 8.78 Å². The number of nitrogens with zero attached hydrogens (tertiary/aromatic N) is 2. The van der Waals surface area contributed by atoms with E-state index in [-0.39, 0.29) is 10.3 Å². The summed E-state index contributed by atoms with van der Waals surface area (Å²) < 4.78 is 31.3. The van der Waals surface area contributed by atoms with Gasteiger partial charge < -0.3 is 4.52 Å². The third-order valence-electron chi connectivity index (χ3n) is 2.25. The van der Waals surface area contributed by atoms with Gasteiger partial charge in [-0.2, -0.15) is 4.98 Å². The Bertz CT molecular complexity index is 636. The molecule has 1 heterocycles. The summed E-state index contributed by atoms with van der Waals surface area (Å²) >= 11 is 2.96. The molecule has 19 heavy (non-hydrogen) atoms. The molecule has 0 atom stereocenters. The number of halogens is 3. The molecule has 2 aromatic rings. The van der Waals surface area contributed by atoms with E-state index in [4.69, 9.17) is 10.9 Å². The average Bonchev–Trinajstić information content (AvgIpc) is 2.85. The predicted octanol–water partition coefficient (Wildman–Crippen LogP) is 2.50. The quantitative estimate of drug-likeness (QED) is 0.532. The minimum atomic E-state index is -0.991. The first-order valence-corrected chi connectivity index (χ1v) is 6.03. The first kappa shape index (κ1) is 13.6. The number of nitrogens with one attached hydrogen (secondary N) is 1. The maximum Gasteiger partial charge on any atom is 0.240 e. The van der Waals surface area contributed by atoms with E-state index in [2.05, 4.69) is 37.3 Å². The second-order valence-corrected chi connectivity index (χ2v) is 4.34. The molecule has 0 bridgehead atoms. The number of rotatable bonds is 4. The zero-order valence-electron chi connectivity index (χ0n) is 9.58. The molecule has 0 saturated carbocycles. The second-order valence-electron chi connectivity index (χ2n) is 3.54. The monoisotopic (exact) mass is 327 g/mol. The van der Waals surface area contributed by atoms with Gasteiger partial charge in [0.2, 0.25) is 11.7 Å². The van der Waals surface area contributed by atoms with Crippen molar-refractivity contribution in [3.8, 4) is 23.7 Å². The molecule has 0 radical (unpaired) electrons. The van der Waals surface area contributed by atoms with E-state index in [1.165, 1.54) is 6.07 Å². The molecule has 0 unspecified atom stereocenters. The van der Waals surface area contributed by atoms with Crippen LogP contribution in [0.2, 0.25) is 0 Å². The summed E-state index contributed by atoms with van der Waals surface area (Å²) in [6, 6.07) is 2.37. The standard InChI is InChI=1S/C12H8BrF2N3O/c1-2-5-16-6-9-17-12(18-19-9)7-3-4-8(14)11(15)10(7)13/h1,3-4,16H,5-6H2. The highest BCUT2D eigenvalue weighted by Gasteiger charge is 2.16. The molecule has 0 fully saturated rings.